The Morgan fingerprint density at radius 1 is 1.56 bits per heavy atom. The Labute approximate surface area is 100.0 Å². The number of anilines is 1. The Morgan fingerprint density at radius 3 is 2.75 bits per heavy atom. The maximum absolute atomic E-state index is 11.9. The van der Waals surface area contributed by atoms with Crippen LogP contribution in [0.2, 0.25) is 5.02 Å². The Morgan fingerprint density at radius 2 is 2.19 bits per heavy atom. The Hall–Kier alpha value is -1.22. The van der Waals surface area contributed by atoms with Crippen LogP contribution in [0, 0.1) is 5.41 Å². The van der Waals surface area contributed by atoms with E-state index < -0.39 is 0 Å². The molecule has 0 heterocycles. The van der Waals surface area contributed by atoms with Gasteiger partial charge < -0.3 is 11.1 Å². The minimum absolute atomic E-state index is 0.143. The lowest BCUT2D eigenvalue weighted by atomic mass is 10.1. The van der Waals surface area contributed by atoms with Crippen LogP contribution in [0.1, 0.15) is 30.6 Å². The van der Waals surface area contributed by atoms with Gasteiger partial charge in [-0.05, 0) is 24.0 Å². The van der Waals surface area contributed by atoms with Crippen molar-refractivity contribution >= 4 is 23.2 Å². The molecule has 3 nitrogen and oxygen atoms in total. The van der Waals surface area contributed by atoms with Crippen LogP contribution in [-0.4, -0.2) is 11.9 Å². The molecule has 1 aromatic carbocycles. The van der Waals surface area contributed by atoms with E-state index in [1.54, 1.807) is 18.2 Å². The molecule has 0 saturated heterocycles. The highest BCUT2D eigenvalue weighted by Crippen LogP contribution is 2.44. The highest BCUT2D eigenvalue weighted by Gasteiger charge is 2.46. The van der Waals surface area contributed by atoms with Crippen LogP contribution in [0.5, 0.6) is 0 Å². The van der Waals surface area contributed by atoms with E-state index in [0.717, 1.165) is 6.42 Å². The highest BCUT2D eigenvalue weighted by atomic mass is 35.5. The number of nitrogens with one attached hydrogen (secondary N) is 1. The minimum atomic E-state index is -0.143. The first-order valence-corrected chi connectivity index (χ1v) is 5.64. The molecule has 1 fully saturated rings. The van der Waals surface area contributed by atoms with Crippen molar-refractivity contribution in [1.82, 2.24) is 5.32 Å². The van der Waals surface area contributed by atoms with E-state index >= 15 is 0 Å². The zero-order valence-corrected chi connectivity index (χ0v) is 10.1. The molecule has 16 heavy (non-hydrogen) atoms. The Balaban J connectivity index is 2.13. The molecular formula is C12H15ClN2O. The van der Waals surface area contributed by atoms with Gasteiger partial charge in [0.15, 0.2) is 0 Å². The lowest BCUT2D eigenvalue weighted by Gasteiger charge is -2.09. The number of para-hydroxylation sites is 1. The second kappa shape index (κ2) is 3.67. The molecule has 0 aromatic heterocycles. The number of benzene rings is 1. The van der Waals surface area contributed by atoms with Gasteiger partial charge in [0.25, 0.3) is 5.91 Å². The van der Waals surface area contributed by atoms with Crippen LogP contribution in [0.3, 0.4) is 0 Å². The second-order valence-electron chi connectivity index (χ2n) is 4.92. The molecule has 0 radical (unpaired) electrons. The zero-order valence-electron chi connectivity index (χ0n) is 9.38. The van der Waals surface area contributed by atoms with Gasteiger partial charge in [-0.2, -0.15) is 0 Å². The van der Waals surface area contributed by atoms with Crippen molar-refractivity contribution in [2.75, 3.05) is 5.73 Å². The van der Waals surface area contributed by atoms with Gasteiger partial charge in [-0.15, -0.1) is 0 Å². The van der Waals surface area contributed by atoms with Gasteiger partial charge in [-0.1, -0.05) is 31.5 Å². The third kappa shape index (κ3) is 2.00. The largest absolute Gasteiger partial charge is 0.397 e. The highest BCUT2D eigenvalue weighted by molar-refractivity contribution is 6.33. The molecule has 1 aliphatic rings. The summed E-state index contributed by atoms with van der Waals surface area (Å²) in [4.78, 5) is 11.9. The summed E-state index contributed by atoms with van der Waals surface area (Å²) in [6, 6.07) is 5.34. The fraction of sp³-hybridized carbons (Fsp3) is 0.417. The van der Waals surface area contributed by atoms with E-state index in [1.807, 2.05) is 0 Å². The normalized spacial score (nSPS) is 21.6. The maximum atomic E-state index is 11.9. The molecule has 3 N–H and O–H groups in total. The lowest BCUT2D eigenvalue weighted by molar-refractivity contribution is 0.0947. The van der Waals surface area contributed by atoms with Gasteiger partial charge in [0, 0.05) is 6.04 Å². The number of carbonyl (C=O) groups is 1. The van der Waals surface area contributed by atoms with E-state index in [0.29, 0.717) is 16.3 Å². The number of carbonyl (C=O) groups excluding carboxylic acids is 1. The third-order valence-electron chi connectivity index (χ3n) is 3.12. The van der Waals surface area contributed by atoms with Gasteiger partial charge in [0.1, 0.15) is 0 Å². The molecule has 1 unspecified atom stereocenters. The number of halogens is 1. The summed E-state index contributed by atoms with van der Waals surface area (Å²) in [6.45, 7) is 4.25. The monoisotopic (exact) mass is 238 g/mol. The van der Waals surface area contributed by atoms with Gasteiger partial charge in [-0.25, -0.2) is 0 Å². The Bertz CT molecular complexity index is 443. The summed E-state index contributed by atoms with van der Waals surface area (Å²) in [5.74, 6) is -0.143. The van der Waals surface area contributed by atoms with Crippen molar-refractivity contribution in [1.29, 1.82) is 0 Å². The van der Waals surface area contributed by atoms with Crippen molar-refractivity contribution in [3.63, 3.8) is 0 Å². The summed E-state index contributed by atoms with van der Waals surface area (Å²) in [6.07, 6.45) is 1.01. The van der Waals surface area contributed by atoms with Crippen molar-refractivity contribution < 1.29 is 4.79 Å². The number of hydrogen-bond donors (Lipinski definition) is 2. The van der Waals surface area contributed by atoms with Gasteiger partial charge >= 0.3 is 0 Å². The number of nitrogen functional groups attached to an aromatic ring is 1. The first-order valence-electron chi connectivity index (χ1n) is 5.26. The molecule has 1 saturated carbocycles. The average molecular weight is 239 g/mol. The van der Waals surface area contributed by atoms with Crippen molar-refractivity contribution in [2.45, 2.75) is 26.3 Å². The standard InChI is InChI=1S/C12H15ClN2O/c1-12(2)6-9(12)15-11(16)7-4-3-5-8(13)10(7)14/h3-5,9H,6,14H2,1-2H3,(H,15,16). The van der Waals surface area contributed by atoms with Crippen LogP contribution < -0.4 is 11.1 Å². The van der Waals surface area contributed by atoms with E-state index in [2.05, 4.69) is 19.2 Å². The summed E-state index contributed by atoms with van der Waals surface area (Å²) in [5, 5.41) is 3.37. The minimum Gasteiger partial charge on any atom is -0.397 e. The number of hydrogen-bond acceptors (Lipinski definition) is 2. The van der Waals surface area contributed by atoms with Crippen molar-refractivity contribution in [2.24, 2.45) is 5.41 Å². The fourth-order valence-corrected chi connectivity index (χ4v) is 1.86. The van der Waals surface area contributed by atoms with Gasteiger partial charge in [0.05, 0.1) is 16.3 Å². The molecule has 1 aromatic rings. The summed E-state index contributed by atoms with van der Waals surface area (Å²) < 4.78 is 0. The molecule has 0 spiro atoms. The van der Waals surface area contributed by atoms with E-state index in [4.69, 9.17) is 17.3 Å². The molecular weight excluding hydrogens is 224 g/mol. The zero-order chi connectivity index (χ0) is 11.9. The maximum Gasteiger partial charge on any atom is 0.253 e. The van der Waals surface area contributed by atoms with E-state index in [-0.39, 0.29) is 17.4 Å². The average Bonchev–Trinajstić information content (AvgIpc) is 2.78. The fourth-order valence-electron chi connectivity index (χ4n) is 1.68. The number of amides is 1. The summed E-state index contributed by atoms with van der Waals surface area (Å²) >= 11 is 5.86. The third-order valence-corrected chi connectivity index (χ3v) is 3.45. The molecule has 86 valence electrons. The molecule has 1 aliphatic carbocycles. The first kappa shape index (κ1) is 11.3. The van der Waals surface area contributed by atoms with Crippen LogP contribution in [0.25, 0.3) is 0 Å². The molecule has 0 aliphatic heterocycles. The summed E-state index contributed by atoms with van der Waals surface area (Å²) in [7, 11) is 0. The van der Waals surface area contributed by atoms with Gasteiger partial charge in [-0.3, -0.25) is 4.79 Å². The smallest absolute Gasteiger partial charge is 0.253 e. The molecule has 1 atom stereocenters. The van der Waals surface area contributed by atoms with Crippen LogP contribution in [0.15, 0.2) is 18.2 Å². The quantitative estimate of drug-likeness (QED) is 0.778. The predicted octanol–water partition coefficient (Wildman–Crippen LogP) is 2.45. The Kier molecular flexibility index (Phi) is 2.58. The first-order chi connectivity index (χ1) is 7.42. The van der Waals surface area contributed by atoms with Crippen molar-refractivity contribution in [3.05, 3.63) is 28.8 Å². The predicted molar refractivity (Wildman–Crippen MR) is 65.5 cm³/mol. The van der Waals surface area contributed by atoms with Crippen molar-refractivity contribution in [3.8, 4) is 0 Å². The molecule has 1 amide bonds. The van der Waals surface area contributed by atoms with E-state index in [9.17, 15) is 4.79 Å². The van der Waals surface area contributed by atoms with Crippen LogP contribution in [-0.2, 0) is 0 Å². The van der Waals surface area contributed by atoms with E-state index in [1.165, 1.54) is 0 Å². The van der Waals surface area contributed by atoms with Crippen LogP contribution in [0.4, 0.5) is 5.69 Å². The number of rotatable bonds is 2. The second-order valence-corrected chi connectivity index (χ2v) is 5.33. The molecule has 4 heteroatoms. The topological polar surface area (TPSA) is 55.1 Å². The lowest BCUT2D eigenvalue weighted by Crippen LogP contribution is -2.29. The van der Waals surface area contributed by atoms with Gasteiger partial charge in [0.2, 0.25) is 0 Å². The number of nitrogens with two attached hydrogens (primary N) is 1. The van der Waals surface area contributed by atoms with Crippen LogP contribution >= 0.6 is 11.6 Å². The molecule has 2 rings (SSSR count). The SMILES string of the molecule is CC1(C)CC1NC(=O)c1cccc(Cl)c1N. The molecule has 0 bridgehead atoms. The summed E-state index contributed by atoms with van der Waals surface area (Å²) in [5.41, 5.74) is 6.77.